The maximum atomic E-state index is 12.4. The van der Waals surface area contributed by atoms with Gasteiger partial charge in [-0.05, 0) is 6.92 Å². The molecule has 0 aromatic heterocycles. The van der Waals surface area contributed by atoms with Crippen molar-refractivity contribution in [1.82, 2.24) is 10.3 Å². The Bertz CT molecular complexity index is 571. The van der Waals surface area contributed by atoms with Crippen LogP contribution in [0.25, 0.3) is 0 Å². The van der Waals surface area contributed by atoms with Crippen molar-refractivity contribution in [2.45, 2.75) is 51.7 Å². The van der Waals surface area contributed by atoms with Gasteiger partial charge in [-0.25, -0.2) is 9.80 Å². The first-order chi connectivity index (χ1) is 10.7. The number of carboxylic acid groups (broad SMARTS) is 1. The highest BCUT2D eigenvalue weighted by molar-refractivity contribution is 6.40. The van der Waals surface area contributed by atoms with E-state index in [1.54, 1.807) is 13.8 Å². The van der Waals surface area contributed by atoms with Gasteiger partial charge < -0.3 is 15.2 Å². The monoisotopic (exact) mass is 325 g/mol. The fourth-order valence-corrected chi connectivity index (χ4v) is 3.14. The first-order valence-corrected chi connectivity index (χ1v) is 7.67. The highest BCUT2D eigenvalue weighted by Crippen LogP contribution is 2.51. The molecule has 2 aliphatic rings. The van der Waals surface area contributed by atoms with Crippen molar-refractivity contribution < 1.29 is 24.2 Å². The lowest BCUT2D eigenvalue weighted by molar-refractivity contribution is -0.193. The van der Waals surface area contributed by atoms with E-state index >= 15 is 0 Å². The summed E-state index contributed by atoms with van der Waals surface area (Å²) in [6, 6.07) is 0. The third kappa shape index (κ3) is 2.71. The Morgan fingerprint density at radius 2 is 2.09 bits per heavy atom. The van der Waals surface area contributed by atoms with Gasteiger partial charge in [-0.2, -0.15) is 5.10 Å². The lowest BCUT2D eigenvalue weighted by Crippen LogP contribution is -2.76. The second kappa shape index (κ2) is 5.92. The molecule has 0 unspecified atom stereocenters. The van der Waals surface area contributed by atoms with Gasteiger partial charge >= 0.3 is 5.97 Å². The van der Waals surface area contributed by atoms with Crippen LogP contribution in [0.3, 0.4) is 0 Å². The predicted octanol–water partition coefficient (Wildman–Crippen LogP) is 0.369. The van der Waals surface area contributed by atoms with Crippen molar-refractivity contribution in [3.05, 3.63) is 0 Å². The van der Waals surface area contributed by atoms with E-state index in [4.69, 9.17) is 4.74 Å². The largest absolute Gasteiger partial charge is 0.479 e. The van der Waals surface area contributed by atoms with Crippen LogP contribution < -0.4 is 5.32 Å². The number of hydrazone groups is 1. The van der Waals surface area contributed by atoms with Crippen molar-refractivity contribution in [3.63, 3.8) is 0 Å². The number of carbonyl (C=O) groups is 3. The summed E-state index contributed by atoms with van der Waals surface area (Å²) in [7, 11) is 1.47. The molecule has 1 heterocycles. The molecule has 2 N–H and O–H groups in total. The van der Waals surface area contributed by atoms with Crippen LogP contribution >= 0.6 is 0 Å². The normalized spacial score (nSPS) is 29.6. The Morgan fingerprint density at radius 1 is 1.43 bits per heavy atom. The van der Waals surface area contributed by atoms with Crippen LogP contribution in [0.15, 0.2) is 5.10 Å². The minimum Gasteiger partial charge on any atom is -0.479 e. The summed E-state index contributed by atoms with van der Waals surface area (Å²) in [5.74, 6) is -1.81. The molecule has 1 fully saturated rings. The van der Waals surface area contributed by atoms with E-state index in [2.05, 4.69) is 10.4 Å². The SMILES string of the molecule is CCO[C@H]1C[C@@](NC(=O)C2=NN(C)C(=O)CC2)(C(=O)O)C1(C)C. The fourth-order valence-electron chi connectivity index (χ4n) is 3.14. The molecule has 0 aromatic carbocycles. The highest BCUT2D eigenvalue weighted by atomic mass is 16.5. The minimum absolute atomic E-state index is 0.170. The zero-order chi connectivity index (χ0) is 17.4. The summed E-state index contributed by atoms with van der Waals surface area (Å²) in [6.07, 6.45) is 0.367. The number of nitrogens with one attached hydrogen (secondary N) is 1. The molecule has 1 aliphatic carbocycles. The van der Waals surface area contributed by atoms with E-state index in [0.29, 0.717) is 6.61 Å². The molecule has 0 radical (unpaired) electrons. The van der Waals surface area contributed by atoms with Gasteiger partial charge in [0.1, 0.15) is 11.3 Å². The van der Waals surface area contributed by atoms with Crippen LogP contribution in [0, 0.1) is 5.41 Å². The number of ether oxygens (including phenoxy) is 1. The van der Waals surface area contributed by atoms with E-state index in [1.165, 1.54) is 7.05 Å². The zero-order valence-electron chi connectivity index (χ0n) is 13.9. The topological polar surface area (TPSA) is 108 Å². The highest BCUT2D eigenvalue weighted by Gasteiger charge is 2.66. The van der Waals surface area contributed by atoms with Crippen LogP contribution in [-0.4, -0.2) is 58.9 Å². The Labute approximate surface area is 134 Å². The van der Waals surface area contributed by atoms with E-state index in [9.17, 15) is 19.5 Å². The Hall–Kier alpha value is -1.96. The first-order valence-electron chi connectivity index (χ1n) is 7.67. The fraction of sp³-hybridized carbons (Fsp3) is 0.733. The molecule has 128 valence electrons. The number of nitrogens with zero attached hydrogens (tertiary/aromatic N) is 2. The molecule has 0 spiro atoms. The molecule has 23 heavy (non-hydrogen) atoms. The number of aliphatic carboxylic acids is 1. The Balaban J connectivity index is 2.19. The third-order valence-corrected chi connectivity index (χ3v) is 4.93. The zero-order valence-corrected chi connectivity index (χ0v) is 13.9. The number of carbonyl (C=O) groups excluding carboxylic acids is 2. The maximum Gasteiger partial charge on any atom is 0.330 e. The molecular formula is C15H23N3O5. The molecule has 0 saturated heterocycles. The maximum absolute atomic E-state index is 12.4. The molecule has 2 amide bonds. The number of hydrogen-bond donors (Lipinski definition) is 2. The molecule has 2 rings (SSSR count). The van der Waals surface area contributed by atoms with Gasteiger partial charge in [0.2, 0.25) is 5.91 Å². The van der Waals surface area contributed by atoms with E-state index < -0.39 is 22.8 Å². The van der Waals surface area contributed by atoms with Crippen LogP contribution in [-0.2, 0) is 19.1 Å². The minimum atomic E-state index is -1.40. The Morgan fingerprint density at radius 3 is 2.57 bits per heavy atom. The molecule has 0 bridgehead atoms. The molecule has 2 atom stereocenters. The number of rotatable bonds is 5. The van der Waals surface area contributed by atoms with E-state index in [1.807, 2.05) is 6.92 Å². The number of carboxylic acids is 1. The van der Waals surface area contributed by atoms with Crippen molar-refractivity contribution in [2.75, 3.05) is 13.7 Å². The lowest BCUT2D eigenvalue weighted by Gasteiger charge is -2.58. The van der Waals surface area contributed by atoms with Crippen molar-refractivity contribution in [1.29, 1.82) is 0 Å². The number of amides is 2. The van der Waals surface area contributed by atoms with Crippen molar-refractivity contribution in [3.8, 4) is 0 Å². The average molecular weight is 325 g/mol. The van der Waals surface area contributed by atoms with Crippen LogP contribution in [0.1, 0.15) is 40.0 Å². The van der Waals surface area contributed by atoms with Gasteiger partial charge in [-0.3, -0.25) is 9.59 Å². The molecule has 1 saturated carbocycles. The molecule has 0 aromatic rings. The van der Waals surface area contributed by atoms with Crippen LogP contribution in [0.2, 0.25) is 0 Å². The van der Waals surface area contributed by atoms with Crippen LogP contribution in [0.5, 0.6) is 0 Å². The molecular weight excluding hydrogens is 302 g/mol. The first kappa shape index (κ1) is 17.4. The van der Waals surface area contributed by atoms with Gasteiger partial charge in [-0.1, -0.05) is 13.8 Å². The molecule has 8 nitrogen and oxygen atoms in total. The van der Waals surface area contributed by atoms with Gasteiger partial charge in [0, 0.05) is 38.3 Å². The molecule has 1 aliphatic heterocycles. The standard InChI is InChI=1S/C15H23N3O5/c1-5-23-10-8-15(13(21)22,14(10,2)3)16-12(20)9-6-7-11(19)18(4)17-9/h10H,5-8H2,1-4H3,(H,16,20)(H,21,22)/t10-,15+/m0/s1. The lowest BCUT2D eigenvalue weighted by atomic mass is 9.54. The van der Waals surface area contributed by atoms with Gasteiger partial charge in [0.05, 0.1) is 6.10 Å². The average Bonchev–Trinajstić information content (AvgIpc) is 2.48. The van der Waals surface area contributed by atoms with Crippen molar-refractivity contribution in [2.24, 2.45) is 10.5 Å². The smallest absolute Gasteiger partial charge is 0.330 e. The van der Waals surface area contributed by atoms with Gasteiger partial charge in [0.25, 0.3) is 5.91 Å². The summed E-state index contributed by atoms with van der Waals surface area (Å²) in [6.45, 7) is 5.86. The Kier molecular flexibility index (Phi) is 4.48. The van der Waals surface area contributed by atoms with Gasteiger partial charge in [0.15, 0.2) is 0 Å². The quantitative estimate of drug-likeness (QED) is 0.759. The second-order valence-corrected chi connectivity index (χ2v) is 6.50. The van der Waals surface area contributed by atoms with Gasteiger partial charge in [-0.15, -0.1) is 0 Å². The summed E-state index contributed by atoms with van der Waals surface area (Å²) < 4.78 is 5.56. The van der Waals surface area contributed by atoms with Crippen molar-refractivity contribution >= 4 is 23.5 Å². The number of hydrogen-bond acceptors (Lipinski definition) is 5. The summed E-state index contributed by atoms with van der Waals surface area (Å²) in [4.78, 5) is 35.7. The summed E-state index contributed by atoms with van der Waals surface area (Å²) in [5.41, 5.74) is -1.98. The molecule has 8 heteroatoms. The second-order valence-electron chi connectivity index (χ2n) is 6.50. The van der Waals surface area contributed by atoms with Crippen LogP contribution in [0.4, 0.5) is 0 Å². The summed E-state index contributed by atoms with van der Waals surface area (Å²) >= 11 is 0. The third-order valence-electron chi connectivity index (χ3n) is 4.93. The predicted molar refractivity (Wildman–Crippen MR) is 81.8 cm³/mol. The van der Waals surface area contributed by atoms with E-state index in [-0.39, 0.29) is 37.0 Å². The summed E-state index contributed by atoms with van der Waals surface area (Å²) in [5, 5.41) is 17.3. The van der Waals surface area contributed by atoms with E-state index in [0.717, 1.165) is 5.01 Å².